The molecule has 0 saturated heterocycles. The SMILES string of the molecule is NC(=O)c1cccc(-c2ccsc2)c1C(N)=O. The Morgan fingerprint density at radius 3 is 2.35 bits per heavy atom. The minimum Gasteiger partial charge on any atom is -0.366 e. The van der Waals surface area contributed by atoms with Crippen LogP contribution in [0.15, 0.2) is 35.0 Å². The number of primary amides is 2. The summed E-state index contributed by atoms with van der Waals surface area (Å²) < 4.78 is 0. The van der Waals surface area contributed by atoms with Crippen LogP contribution in [0.2, 0.25) is 0 Å². The van der Waals surface area contributed by atoms with E-state index in [1.807, 2.05) is 16.8 Å². The molecule has 0 radical (unpaired) electrons. The van der Waals surface area contributed by atoms with E-state index in [9.17, 15) is 9.59 Å². The molecule has 2 aromatic rings. The predicted molar refractivity (Wildman–Crippen MR) is 66.8 cm³/mol. The van der Waals surface area contributed by atoms with Gasteiger partial charge in [0.05, 0.1) is 11.1 Å². The number of carbonyl (C=O) groups is 2. The molecule has 0 aliphatic rings. The van der Waals surface area contributed by atoms with E-state index in [1.165, 1.54) is 17.4 Å². The zero-order valence-electron chi connectivity index (χ0n) is 8.84. The molecule has 0 bridgehead atoms. The maximum absolute atomic E-state index is 11.5. The molecule has 17 heavy (non-hydrogen) atoms. The average molecular weight is 246 g/mol. The quantitative estimate of drug-likeness (QED) is 0.862. The number of hydrogen-bond acceptors (Lipinski definition) is 3. The van der Waals surface area contributed by atoms with Crippen LogP contribution < -0.4 is 11.5 Å². The van der Waals surface area contributed by atoms with E-state index in [4.69, 9.17) is 11.5 Å². The molecule has 4 nitrogen and oxygen atoms in total. The molecule has 0 aliphatic heterocycles. The van der Waals surface area contributed by atoms with Gasteiger partial charge in [-0.05, 0) is 34.0 Å². The summed E-state index contributed by atoms with van der Waals surface area (Å²) in [5.41, 5.74) is 12.4. The van der Waals surface area contributed by atoms with Gasteiger partial charge in [0.2, 0.25) is 11.8 Å². The van der Waals surface area contributed by atoms with Crippen molar-refractivity contribution >= 4 is 23.2 Å². The smallest absolute Gasteiger partial charge is 0.250 e. The Kier molecular flexibility index (Phi) is 2.93. The Hall–Kier alpha value is -2.14. The summed E-state index contributed by atoms with van der Waals surface area (Å²) in [6, 6.07) is 6.78. The zero-order chi connectivity index (χ0) is 12.4. The van der Waals surface area contributed by atoms with Crippen LogP contribution in [-0.2, 0) is 0 Å². The largest absolute Gasteiger partial charge is 0.366 e. The summed E-state index contributed by atoms with van der Waals surface area (Å²) in [7, 11) is 0. The second kappa shape index (κ2) is 4.39. The van der Waals surface area contributed by atoms with Gasteiger partial charge in [-0.3, -0.25) is 9.59 Å². The van der Waals surface area contributed by atoms with Crippen molar-refractivity contribution in [2.24, 2.45) is 11.5 Å². The van der Waals surface area contributed by atoms with Gasteiger partial charge in [-0.1, -0.05) is 12.1 Å². The van der Waals surface area contributed by atoms with Crippen molar-refractivity contribution < 1.29 is 9.59 Å². The summed E-state index contributed by atoms with van der Waals surface area (Å²) in [5.74, 6) is -1.31. The van der Waals surface area contributed by atoms with Crippen molar-refractivity contribution in [1.82, 2.24) is 0 Å². The van der Waals surface area contributed by atoms with E-state index >= 15 is 0 Å². The van der Waals surface area contributed by atoms with Gasteiger partial charge >= 0.3 is 0 Å². The van der Waals surface area contributed by atoms with Crippen LogP contribution in [0, 0.1) is 0 Å². The second-order valence-electron chi connectivity index (χ2n) is 3.47. The van der Waals surface area contributed by atoms with Gasteiger partial charge in [0.15, 0.2) is 0 Å². The Labute approximate surface area is 102 Å². The van der Waals surface area contributed by atoms with Crippen LogP contribution in [-0.4, -0.2) is 11.8 Å². The highest BCUT2D eigenvalue weighted by Gasteiger charge is 2.18. The first kappa shape index (κ1) is 11.3. The molecular formula is C12H10N2O2S. The summed E-state index contributed by atoms with van der Waals surface area (Å²) in [6.07, 6.45) is 0. The van der Waals surface area contributed by atoms with Gasteiger partial charge in [0, 0.05) is 0 Å². The van der Waals surface area contributed by atoms with Crippen molar-refractivity contribution in [3.63, 3.8) is 0 Å². The van der Waals surface area contributed by atoms with Gasteiger partial charge in [-0.25, -0.2) is 0 Å². The minimum atomic E-state index is -0.657. The molecule has 5 heteroatoms. The molecule has 2 rings (SSSR count). The summed E-state index contributed by atoms with van der Waals surface area (Å²) in [5, 5.41) is 3.77. The molecule has 1 aromatic heterocycles. The van der Waals surface area contributed by atoms with Crippen LogP contribution in [0.5, 0.6) is 0 Å². The number of amides is 2. The lowest BCUT2D eigenvalue weighted by atomic mass is 9.96. The maximum Gasteiger partial charge on any atom is 0.250 e. The van der Waals surface area contributed by atoms with Crippen LogP contribution in [0.1, 0.15) is 20.7 Å². The van der Waals surface area contributed by atoms with Gasteiger partial charge in [0.25, 0.3) is 0 Å². The van der Waals surface area contributed by atoms with Crippen LogP contribution in [0.4, 0.5) is 0 Å². The molecule has 0 spiro atoms. The van der Waals surface area contributed by atoms with Gasteiger partial charge in [0.1, 0.15) is 0 Å². The Bertz CT molecular complexity index is 576. The highest BCUT2D eigenvalue weighted by Crippen LogP contribution is 2.27. The molecule has 0 aliphatic carbocycles. The first-order chi connectivity index (χ1) is 8.11. The van der Waals surface area contributed by atoms with E-state index in [0.717, 1.165) is 5.56 Å². The minimum absolute atomic E-state index is 0.154. The molecule has 0 unspecified atom stereocenters. The van der Waals surface area contributed by atoms with E-state index in [1.54, 1.807) is 12.1 Å². The molecule has 1 heterocycles. The van der Waals surface area contributed by atoms with Crippen molar-refractivity contribution in [2.45, 2.75) is 0 Å². The second-order valence-corrected chi connectivity index (χ2v) is 4.25. The molecule has 1 aromatic carbocycles. The van der Waals surface area contributed by atoms with Crippen molar-refractivity contribution in [1.29, 1.82) is 0 Å². The zero-order valence-corrected chi connectivity index (χ0v) is 9.66. The lowest BCUT2D eigenvalue weighted by Gasteiger charge is -2.08. The van der Waals surface area contributed by atoms with E-state index in [0.29, 0.717) is 5.56 Å². The molecule has 0 atom stereocenters. The highest BCUT2D eigenvalue weighted by molar-refractivity contribution is 7.08. The first-order valence-corrected chi connectivity index (χ1v) is 5.80. The van der Waals surface area contributed by atoms with Crippen LogP contribution in [0.25, 0.3) is 11.1 Å². The fourth-order valence-electron chi connectivity index (χ4n) is 1.68. The fraction of sp³-hybridized carbons (Fsp3) is 0. The highest BCUT2D eigenvalue weighted by atomic mass is 32.1. The van der Waals surface area contributed by atoms with Crippen molar-refractivity contribution in [2.75, 3.05) is 0 Å². The van der Waals surface area contributed by atoms with Gasteiger partial charge in [-0.15, -0.1) is 0 Å². The maximum atomic E-state index is 11.5. The third kappa shape index (κ3) is 2.05. The monoisotopic (exact) mass is 246 g/mol. The van der Waals surface area contributed by atoms with Crippen molar-refractivity contribution in [3.05, 3.63) is 46.2 Å². The number of thiophene rings is 1. The molecule has 4 N–H and O–H groups in total. The topological polar surface area (TPSA) is 86.2 Å². The Balaban J connectivity index is 2.72. The molecule has 0 fully saturated rings. The predicted octanol–water partition coefficient (Wildman–Crippen LogP) is 1.61. The van der Waals surface area contributed by atoms with Gasteiger partial charge < -0.3 is 11.5 Å². The number of rotatable bonds is 3. The van der Waals surface area contributed by atoms with E-state index in [-0.39, 0.29) is 11.1 Å². The van der Waals surface area contributed by atoms with Gasteiger partial charge in [-0.2, -0.15) is 11.3 Å². The average Bonchev–Trinajstić information content (AvgIpc) is 2.81. The fourth-order valence-corrected chi connectivity index (χ4v) is 2.34. The third-order valence-corrected chi connectivity index (χ3v) is 3.09. The lowest BCUT2D eigenvalue weighted by molar-refractivity contribution is 0.0968. The number of hydrogen-bond donors (Lipinski definition) is 2. The normalized spacial score (nSPS) is 10.1. The lowest BCUT2D eigenvalue weighted by Crippen LogP contribution is -2.21. The first-order valence-electron chi connectivity index (χ1n) is 4.86. The standard InChI is InChI=1S/C12H10N2O2S/c13-11(15)9-3-1-2-8(10(9)12(14)16)7-4-5-17-6-7/h1-6H,(H2,13,15)(H2,14,16). The molecular weight excluding hydrogens is 236 g/mol. The van der Waals surface area contributed by atoms with Crippen LogP contribution in [0.3, 0.4) is 0 Å². The summed E-state index contributed by atoms with van der Waals surface area (Å²) >= 11 is 1.50. The Morgan fingerprint density at radius 1 is 1.06 bits per heavy atom. The van der Waals surface area contributed by atoms with E-state index in [2.05, 4.69) is 0 Å². The number of nitrogens with two attached hydrogens (primary N) is 2. The molecule has 0 saturated carbocycles. The Morgan fingerprint density at radius 2 is 1.82 bits per heavy atom. The molecule has 86 valence electrons. The number of carbonyl (C=O) groups excluding carboxylic acids is 2. The summed E-state index contributed by atoms with van der Waals surface area (Å²) in [4.78, 5) is 22.7. The van der Waals surface area contributed by atoms with Crippen LogP contribution >= 0.6 is 11.3 Å². The van der Waals surface area contributed by atoms with E-state index < -0.39 is 11.8 Å². The summed E-state index contributed by atoms with van der Waals surface area (Å²) in [6.45, 7) is 0. The molecule has 2 amide bonds. The number of benzene rings is 1. The third-order valence-electron chi connectivity index (χ3n) is 2.41. The van der Waals surface area contributed by atoms with Crippen molar-refractivity contribution in [3.8, 4) is 11.1 Å².